The second-order valence-electron chi connectivity index (χ2n) is 11.5. The van der Waals surface area contributed by atoms with Crippen LogP contribution in [0.5, 0.6) is 0 Å². The molecule has 0 aromatic heterocycles. The number of halogens is 1. The lowest BCUT2D eigenvalue weighted by Gasteiger charge is -2.29. The Morgan fingerprint density at radius 3 is 1.67 bits per heavy atom. The molecule has 0 saturated heterocycles. The van der Waals surface area contributed by atoms with Gasteiger partial charge in [0.2, 0.25) is 0 Å². The number of hydrogen-bond acceptors (Lipinski definition) is 2. The Bertz CT molecular complexity index is 717. The highest BCUT2D eigenvalue weighted by Crippen LogP contribution is 2.39. The smallest absolute Gasteiger partial charge is 0.329 e. The summed E-state index contributed by atoms with van der Waals surface area (Å²) in [5.74, 6) is 0.660. The van der Waals surface area contributed by atoms with Gasteiger partial charge in [-0.15, -0.1) is 0 Å². The van der Waals surface area contributed by atoms with Crippen molar-refractivity contribution in [2.45, 2.75) is 122 Å². The number of rotatable bonds is 22. The van der Waals surface area contributed by atoms with Gasteiger partial charge in [0, 0.05) is 3.57 Å². The molecule has 0 fully saturated rings. The first kappa shape index (κ1) is 34.0. The van der Waals surface area contributed by atoms with Crippen molar-refractivity contribution >= 4 is 30.4 Å². The SMILES string of the molecule is CCCCCCCCCCC(CCCCCCCC(C[N+](C)(C)C)OP(=O)(O)O)c1ccc(I)cc1. The van der Waals surface area contributed by atoms with Crippen LogP contribution < -0.4 is 0 Å². The van der Waals surface area contributed by atoms with E-state index in [0.717, 1.165) is 12.8 Å². The predicted molar refractivity (Wildman–Crippen MR) is 161 cm³/mol. The standard InChI is InChI=1S/C29H53INO4P/c1-5-6-7-8-9-10-12-15-18-26(27-21-23-28(30)24-22-27)19-16-13-11-14-17-20-29(25-31(2,3)4)35-36(32,33)34/h21-24,26,29H,5-20,25H2,1-4H3,(H-,32,33,34)/p+1. The number of benzene rings is 1. The molecule has 5 nitrogen and oxygen atoms in total. The molecule has 0 radical (unpaired) electrons. The van der Waals surface area contributed by atoms with Crippen LogP contribution in [-0.4, -0.2) is 48.1 Å². The molecule has 0 aliphatic rings. The maximum Gasteiger partial charge on any atom is 0.470 e. The summed E-state index contributed by atoms with van der Waals surface area (Å²) in [6, 6.07) is 9.13. The van der Waals surface area contributed by atoms with Gasteiger partial charge in [-0.1, -0.05) is 103 Å². The van der Waals surface area contributed by atoms with Crippen molar-refractivity contribution in [1.29, 1.82) is 0 Å². The number of phosphoric acid groups is 1. The Hall–Kier alpha value is 0.0200. The largest absolute Gasteiger partial charge is 0.470 e. The first-order chi connectivity index (χ1) is 17.0. The Kier molecular flexibility index (Phi) is 18.1. The van der Waals surface area contributed by atoms with E-state index in [2.05, 4.69) is 53.8 Å². The zero-order valence-corrected chi connectivity index (χ0v) is 26.5. The van der Waals surface area contributed by atoms with E-state index in [1.807, 2.05) is 21.1 Å². The van der Waals surface area contributed by atoms with Crippen LogP contribution in [0.2, 0.25) is 0 Å². The molecule has 36 heavy (non-hydrogen) atoms. The van der Waals surface area contributed by atoms with E-state index in [1.165, 1.54) is 92.6 Å². The average Bonchev–Trinajstić information content (AvgIpc) is 2.77. The van der Waals surface area contributed by atoms with Crippen LogP contribution in [0, 0.1) is 3.57 Å². The van der Waals surface area contributed by atoms with Crippen molar-refractivity contribution in [3.05, 3.63) is 33.4 Å². The van der Waals surface area contributed by atoms with Crippen molar-refractivity contribution in [2.24, 2.45) is 0 Å². The van der Waals surface area contributed by atoms with Crippen molar-refractivity contribution in [3.8, 4) is 0 Å². The summed E-state index contributed by atoms with van der Waals surface area (Å²) in [4.78, 5) is 18.5. The van der Waals surface area contributed by atoms with E-state index in [0.29, 0.717) is 23.4 Å². The molecule has 1 rings (SSSR count). The third-order valence-corrected chi connectivity index (χ3v) is 8.16. The summed E-state index contributed by atoms with van der Waals surface area (Å²) < 4.78 is 18.3. The zero-order valence-electron chi connectivity index (χ0n) is 23.5. The van der Waals surface area contributed by atoms with Gasteiger partial charge in [-0.05, 0) is 65.5 Å². The topological polar surface area (TPSA) is 66.8 Å². The van der Waals surface area contributed by atoms with E-state index in [9.17, 15) is 14.4 Å². The molecule has 0 amide bonds. The second kappa shape index (κ2) is 19.1. The number of unbranched alkanes of at least 4 members (excludes halogenated alkanes) is 11. The van der Waals surface area contributed by atoms with Crippen LogP contribution in [-0.2, 0) is 9.09 Å². The summed E-state index contributed by atoms with van der Waals surface area (Å²) in [6.07, 6.45) is 19.5. The molecule has 0 heterocycles. The molecule has 2 unspecified atom stereocenters. The lowest BCUT2D eigenvalue weighted by molar-refractivity contribution is -0.873. The highest BCUT2D eigenvalue weighted by atomic mass is 127. The lowest BCUT2D eigenvalue weighted by atomic mass is 9.88. The van der Waals surface area contributed by atoms with Gasteiger partial charge in [-0.2, -0.15) is 0 Å². The second-order valence-corrected chi connectivity index (χ2v) is 14.0. The fourth-order valence-electron chi connectivity index (χ4n) is 5.01. The van der Waals surface area contributed by atoms with Gasteiger partial charge in [0.25, 0.3) is 0 Å². The monoisotopic (exact) mass is 638 g/mol. The summed E-state index contributed by atoms with van der Waals surface area (Å²) in [5.41, 5.74) is 1.50. The van der Waals surface area contributed by atoms with Gasteiger partial charge in [0.05, 0.1) is 21.1 Å². The summed E-state index contributed by atoms with van der Waals surface area (Å²) in [5, 5.41) is 0. The van der Waals surface area contributed by atoms with Gasteiger partial charge >= 0.3 is 7.82 Å². The van der Waals surface area contributed by atoms with E-state index in [4.69, 9.17) is 4.52 Å². The first-order valence-electron chi connectivity index (χ1n) is 14.3. The van der Waals surface area contributed by atoms with Gasteiger partial charge in [-0.3, -0.25) is 4.52 Å². The van der Waals surface area contributed by atoms with E-state index in [1.54, 1.807) is 0 Å². The molecular weight excluding hydrogens is 584 g/mol. The number of phosphoric ester groups is 1. The van der Waals surface area contributed by atoms with Crippen LogP contribution in [0.1, 0.15) is 121 Å². The molecule has 0 aliphatic carbocycles. The van der Waals surface area contributed by atoms with Gasteiger partial charge in [0.15, 0.2) is 0 Å². The number of likely N-dealkylation sites (N-methyl/N-ethyl adjacent to an activating group) is 1. The van der Waals surface area contributed by atoms with Crippen LogP contribution in [0.4, 0.5) is 0 Å². The van der Waals surface area contributed by atoms with Crippen molar-refractivity contribution in [2.75, 3.05) is 27.7 Å². The maximum absolute atomic E-state index is 11.3. The van der Waals surface area contributed by atoms with Gasteiger partial charge < -0.3 is 14.3 Å². The molecule has 7 heteroatoms. The molecule has 2 N–H and O–H groups in total. The van der Waals surface area contributed by atoms with E-state index in [-0.39, 0.29) is 0 Å². The number of nitrogens with zero attached hydrogens (tertiary/aromatic N) is 1. The Labute approximate surface area is 235 Å². The van der Waals surface area contributed by atoms with Crippen molar-refractivity contribution in [3.63, 3.8) is 0 Å². The fraction of sp³-hybridized carbons (Fsp3) is 0.793. The van der Waals surface area contributed by atoms with E-state index >= 15 is 0 Å². The maximum atomic E-state index is 11.3. The van der Waals surface area contributed by atoms with Crippen molar-refractivity contribution in [1.82, 2.24) is 0 Å². The third kappa shape index (κ3) is 19.1. The van der Waals surface area contributed by atoms with Gasteiger partial charge in [0.1, 0.15) is 12.6 Å². The van der Waals surface area contributed by atoms with Crippen LogP contribution in [0.15, 0.2) is 24.3 Å². The molecule has 0 spiro atoms. The molecule has 0 bridgehead atoms. The summed E-state index contributed by atoms with van der Waals surface area (Å²) in [6.45, 7) is 2.88. The molecule has 0 aliphatic heterocycles. The lowest BCUT2D eigenvalue weighted by Crippen LogP contribution is -2.42. The predicted octanol–water partition coefficient (Wildman–Crippen LogP) is 8.82. The molecule has 2 atom stereocenters. The van der Waals surface area contributed by atoms with Crippen LogP contribution in [0.25, 0.3) is 0 Å². The molecular formula is C29H54INO4P+. The minimum atomic E-state index is -4.45. The zero-order chi connectivity index (χ0) is 26.9. The molecule has 1 aromatic carbocycles. The quantitative estimate of drug-likeness (QED) is 0.0577. The average molecular weight is 639 g/mol. The summed E-state index contributed by atoms with van der Waals surface area (Å²) in [7, 11) is 1.62. The van der Waals surface area contributed by atoms with Crippen LogP contribution in [0.3, 0.4) is 0 Å². The number of quaternary nitrogens is 1. The normalized spacial score (nSPS) is 14.2. The van der Waals surface area contributed by atoms with Crippen molar-refractivity contribution < 1.29 is 23.4 Å². The Morgan fingerprint density at radius 1 is 0.778 bits per heavy atom. The highest BCUT2D eigenvalue weighted by molar-refractivity contribution is 14.1. The minimum absolute atomic E-state index is 0.400. The summed E-state index contributed by atoms with van der Waals surface area (Å²) >= 11 is 2.39. The molecule has 1 aromatic rings. The number of hydrogen-bond donors (Lipinski definition) is 2. The van der Waals surface area contributed by atoms with Gasteiger partial charge in [-0.25, -0.2) is 4.57 Å². The third-order valence-electron chi connectivity index (χ3n) is 6.86. The molecule has 210 valence electrons. The van der Waals surface area contributed by atoms with E-state index < -0.39 is 13.9 Å². The minimum Gasteiger partial charge on any atom is -0.329 e. The van der Waals surface area contributed by atoms with Crippen LogP contribution >= 0.6 is 30.4 Å². The Balaban J connectivity index is 2.35. The first-order valence-corrected chi connectivity index (χ1v) is 16.9. The highest BCUT2D eigenvalue weighted by Gasteiger charge is 2.26. The molecule has 0 saturated carbocycles. The Morgan fingerprint density at radius 2 is 1.22 bits per heavy atom. The fourth-order valence-corrected chi connectivity index (χ4v) is 5.93.